The van der Waals surface area contributed by atoms with Crippen LogP contribution in [0.3, 0.4) is 0 Å². The second kappa shape index (κ2) is 3.03. The van der Waals surface area contributed by atoms with Gasteiger partial charge in [0.1, 0.15) is 5.69 Å². The number of nitrogens with two attached hydrogens (primary N) is 1. The van der Waals surface area contributed by atoms with Gasteiger partial charge in [0, 0.05) is 15.9 Å². The molecule has 0 atom stereocenters. The maximum Gasteiger partial charge on any atom is 0.265 e. The third kappa shape index (κ3) is 1.26. The Morgan fingerprint density at radius 3 is 2.86 bits per heavy atom. The molecule has 14 heavy (non-hydrogen) atoms. The lowest BCUT2D eigenvalue weighted by Crippen LogP contribution is -2.12. The van der Waals surface area contributed by atoms with Crippen molar-refractivity contribution >= 4 is 28.4 Å². The molecule has 1 heterocycles. The number of hydrogen-bond donors (Lipinski definition) is 2. The van der Waals surface area contributed by atoms with Crippen molar-refractivity contribution in [2.75, 3.05) is 0 Å². The first-order valence-corrected chi connectivity index (χ1v) is 4.55. The van der Waals surface area contributed by atoms with Crippen LogP contribution in [0.25, 0.3) is 10.9 Å². The molecule has 4 heteroatoms. The zero-order chi connectivity index (χ0) is 10.3. The Morgan fingerprint density at radius 1 is 1.50 bits per heavy atom. The fourth-order valence-electron chi connectivity index (χ4n) is 1.55. The highest BCUT2D eigenvalue weighted by Gasteiger charge is 2.11. The number of aromatic nitrogens is 1. The molecule has 0 saturated heterocycles. The van der Waals surface area contributed by atoms with Crippen molar-refractivity contribution in [1.29, 1.82) is 0 Å². The summed E-state index contributed by atoms with van der Waals surface area (Å²) < 4.78 is 0. The van der Waals surface area contributed by atoms with E-state index in [1.54, 1.807) is 6.07 Å². The molecule has 1 aromatic carbocycles. The molecule has 0 radical (unpaired) electrons. The third-order valence-corrected chi connectivity index (χ3v) is 2.50. The van der Waals surface area contributed by atoms with E-state index in [9.17, 15) is 4.79 Å². The van der Waals surface area contributed by atoms with Gasteiger partial charge in [0.2, 0.25) is 0 Å². The van der Waals surface area contributed by atoms with Crippen molar-refractivity contribution in [2.45, 2.75) is 6.92 Å². The lowest BCUT2D eigenvalue weighted by Gasteiger charge is -1.92. The summed E-state index contributed by atoms with van der Waals surface area (Å²) in [6.07, 6.45) is 0. The van der Waals surface area contributed by atoms with E-state index < -0.39 is 5.91 Å². The summed E-state index contributed by atoms with van der Waals surface area (Å²) in [6, 6.07) is 5.41. The molecule has 0 aliphatic carbocycles. The van der Waals surface area contributed by atoms with Crippen molar-refractivity contribution in [2.24, 2.45) is 5.73 Å². The summed E-state index contributed by atoms with van der Waals surface area (Å²) >= 11 is 5.85. The highest BCUT2D eigenvalue weighted by molar-refractivity contribution is 6.31. The van der Waals surface area contributed by atoms with Crippen LogP contribution in [0.1, 0.15) is 16.1 Å². The van der Waals surface area contributed by atoms with E-state index in [-0.39, 0.29) is 0 Å². The molecule has 72 valence electrons. The van der Waals surface area contributed by atoms with E-state index in [1.807, 2.05) is 19.1 Å². The van der Waals surface area contributed by atoms with Gasteiger partial charge in [0.15, 0.2) is 0 Å². The predicted molar refractivity (Wildman–Crippen MR) is 56.6 cm³/mol. The molecule has 3 nitrogen and oxygen atoms in total. The highest BCUT2D eigenvalue weighted by atomic mass is 35.5. The zero-order valence-corrected chi connectivity index (χ0v) is 8.35. The molecule has 3 N–H and O–H groups in total. The summed E-state index contributed by atoms with van der Waals surface area (Å²) in [7, 11) is 0. The molecule has 2 rings (SSSR count). The SMILES string of the molecule is Cc1c(C(N)=O)[nH]c2ccc(Cl)cc12. The van der Waals surface area contributed by atoms with Gasteiger partial charge in [-0.1, -0.05) is 11.6 Å². The Labute approximate surface area is 85.9 Å². The molecule has 0 unspecified atom stereocenters. The quantitative estimate of drug-likeness (QED) is 0.742. The van der Waals surface area contributed by atoms with Crippen LogP contribution in [-0.2, 0) is 0 Å². The van der Waals surface area contributed by atoms with Crippen molar-refractivity contribution in [1.82, 2.24) is 4.98 Å². The van der Waals surface area contributed by atoms with Crippen LogP contribution in [0.15, 0.2) is 18.2 Å². The van der Waals surface area contributed by atoms with Gasteiger partial charge in [-0.3, -0.25) is 4.79 Å². The molecule has 1 amide bonds. The average molecular weight is 209 g/mol. The van der Waals surface area contributed by atoms with Gasteiger partial charge >= 0.3 is 0 Å². The molecule has 0 aliphatic heterocycles. The second-order valence-corrected chi connectivity index (χ2v) is 3.62. The number of fused-ring (bicyclic) bond motifs is 1. The van der Waals surface area contributed by atoms with Gasteiger partial charge < -0.3 is 10.7 Å². The first-order valence-electron chi connectivity index (χ1n) is 4.17. The van der Waals surface area contributed by atoms with Gasteiger partial charge in [-0.25, -0.2) is 0 Å². The van der Waals surface area contributed by atoms with Gasteiger partial charge in [-0.05, 0) is 30.7 Å². The maximum atomic E-state index is 11.0. The number of benzene rings is 1. The number of halogens is 1. The first-order chi connectivity index (χ1) is 6.59. The van der Waals surface area contributed by atoms with Crippen LogP contribution in [0.4, 0.5) is 0 Å². The summed E-state index contributed by atoms with van der Waals surface area (Å²) in [5.74, 6) is -0.449. The number of aryl methyl sites for hydroxylation is 1. The summed E-state index contributed by atoms with van der Waals surface area (Å²) in [5.41, 5.74) is 7.38. The van der Waals surface area contributed by atoms with E-state index >= 15 is 0 Å². The Bertz CT molecular complexity index is 516. The number of rotatable bonds is 1. The number of carbonyl (C=O) groups is 1. The number of carbonyl (C=O) groups excluding carboxylic acids is 1. The van der Waals surface area contributed by atoms with E-state index in [1.165, 1.54) is 0 Å². The molecule has 0 saturated carbocycles. The Morgan fingerprint density at radius 2 is 2.21 bits per heavy atom. The lowest BCUT2D eigenvalue weighted by molar-refractivity contribution is 0.0996. The van der Waals surface area contributed by atoms with E-state index in [0.29, 0.717) is 10.7 Å². The maximum absolute atomic E-state index is 11.0. The lowest BCUT2D eigenvalue weighted by atomic mass is 10.1. The third-order valence-electron chi connectivity index (χ3n) is 2.27. The molecular formula is C10H9ClN2O. The van der Waals surface area contributed by atoms with Crippen LogP contribution in [0.5, 0.6) is 0 Å². The zero-order valence-electron chi connectivity index (χ0n) is 7.60. The van der Waals surface area contributed by atoms with Crippen molar-refractivity contribution in [3.63, 3.8) is 0 Å². The topological polar surface area (TPSA) is 58.9 Å². The monoisotopic (exact) mass is 208 g/mol. The Balaban J connectivity index is 2.80. The summed E-state index contributed by atoms with van der Waals surface area (Å²) in [6.45, 7) is 1.84. The number of hydrogen-bond acceptors (Lipinski definition) is 1. The predicted octanol–water partition coefficient (Wildman–Crippen LogP) is 2.23. The molecule has 0 fully saturated rings. The molecule has 0 spiro atoms. The molecule has 0 aliphatic rings. The van der Waals surface area contributed by atoms with Gasteiger partial charge in [-0.15, -0.1) is 0 Å². The van der Waals surface area contributed by atoms with Gasteiger partial charge in [-0.2, -0.15) is 0 Å². The van der Waals surface area contributed by atoms with Gasteiger partial charge in [0.05, 0.1) is 0 Å². The number of nitrogens with one attached hydrogen (secondary N) is 1. The largest absolute Gasteiger partial charge is 0.364 e. The number of amides is 1. The average Bonchev–Trinajstić information content (AvgIpc) is 2.44. The van der Waals surface area contributed by atoms with Crippen molar-refractivity contribution in [3.05, 3.63) is 34.5 Å². The van der Waals surface area contributed by atoms with E-state index in [2.05, 4.69) is 4.98 Å². The van der Waals surface area contributed by atoms with Gasteiger partial charge in [0.25, 0.3) is 5.91 Å². The smallest absolute Gasteiger partial charge is 0.265 e. The van der Waals surface area contributed by atoms with E-state index in [4.69, 9.17) is 17.3 Å². The number of aromatic amines is 1. The van der Waals surface area contributed by atoms with E-state index in [0.717, 1.165) is 16.5 Å². The van der Waals surface area contributed by atoms with Crippen LogP contribution < -0.4 is 5.73 Å². The molecule has 1 aromatic heterocycles. The number of primary amides is 1. The normalized spacial score (nSPS) is 10.7. The van der Waals surface area contributed by atoms with Crippen LogP contribution in [-0.4, -0.2) is 10.9 Å². The standard InChI is InChI=1S/C10H9ClN2O/c1-5-7-4-6(11)2-3-8(7)13-9(5)10(12)14/h2-4,13H,1H3,(H2,12,14). The van der Waals surface area contributed by atoms with Crippen LogP contribution >= 0.6 is 11.6 Å². The fraction of sp³-hybridized carbons (Fsp3) is 0.100. The first kappa shape index (κ1) is 9.09. The summed E-state index contributed by atoms with van der Waals surface area (Å²) in [5, 5.41) is 1.59. The highest BCUT2D eigenvalue weighted by Crippen LogP contribution is 2.24. The second-order valence-electron chi connectivity index (χ2n) is 3.18. The van der Waals surface area contributed by atoms with Crippen LogP contribution in [0, 0.1) is 6.92 Å². The Kier molecular flexibility index (Phi) is 1.97. The summed E-state index contributed by atoms with van der Waals surface area (Å²) in [4.78, 5) is 14.0. The minimum atomic E-state index is -0.449. The number of H-pyrrole nitrogens is 1. The Hall–Kier alpha value is -1.48. The van der Waals surface area contributed by atoms with Crippen LogP contribution in [0.2, 0.25) is 5.02 Å². The molecule has 2 aromatic rings. The fourth-order valence-corrected chi connectivity index (χ4v) is 1.72. The molecular weight excluding hydrogens is 200 g/mol. The van der Waals surface area contributed by atoms with Crippen molar-refractivity contribution < 1.29 is 4.79 Å². The van der Waals surface area contributed by atoms with Crippen molar-refractivity contribution in [3.8, 4) is 0 Å². The minimum absolute atomic E-state index is 0.447. The molecule has 0 bridgehead atoms. The minimum Gasteiger partial charge on any atom is -0.364 e.